The van der Waals surface area contributed by atoms with Crippen LogP contribution in [-0.4, -0.2) is 51.7 Å². The molecule has 0 saturated heterocycles. The molecule has 3 rings (SSSR count). The molecule has 0 atom stereocenters. The zero-order valence-electron chi connectivity index (χ0n) is 17.7. The molecule has 0 aliphatic heterocycles. The molecule has 0 bridgehead atoms. The van der Waals surface area contributed by atoms with E-state index in [0.717, 1.165) is 23.4 Å². The number of sulfonamides is 1. The quantitative estimate of drug-likeness (QED) is 0.525. The minimum Gasteiger partial charge on any atom is -0.353 e. The fourth-order valence-corrected chi connectivity index (χ4v) is 3.56. The second kappa shape index (κ2) is 8.90. The summed E-state index contributed by atoms with van der Waals surface area (Å²) in [5.74, 6) is -0.917. The van der Waals surface area contributed by atoms with Gasteiger partial charge in [0.15, 0.2) is 0 Å². The molecule has 0 radical (unpaired) electrons. The van der Waals surface area contributed by atoms with Gasteiger partial charge in [-0.2, -0.15) is 0 Å². The first-order valence-electron chi connectivity index (χ1n) is 9.56. The summed E-state index contributed by atoms with van der Waals surface area (Å²) in [4.78, 5) is 33.7. The van der Waals surface area contributed by atoms with Crippen LogP contribution in [0.3, 0.4) is 0 Å². The standard InChI is InChI=1S/C20H25N5O5S/c1-12-6-5-7-15(18(12)25(2)31(4,28)29)23-16-10-17(20(27)22-13-8-9-13)21-11-14(16)19(26)24-30-3/h5-7,10-11,13H,8-9H2,1-4H3,(H,21,23)(H,22,27)(H,24,26). The van der Waals surface area contributed by atoms with Crippen LogP contribution in [0, 0.1) is 6.92 Å². The molecule has 3 N–H and O–H groups in total. The molecule has 0 unspecified atom stereocenters. The lowest BCUT2D eigenvalue weighted by Gasteiger charge is -2.23. The second-order valence-electron chi connectivity index (χ2n) is 7.32. The number of nitrogens with zero attached hydrogens (tertiary/aromatic N) is 2. The maximum absolute atomic E-state index is 12.5. The van der Waals surface area contributed by atoms with E-state index in [1.807, 2.05) is 0 Å². The first-order valence-corrected chi connectivity index (χ1v) is 11.4. The summed E-state index contributed by atoms with van der Waals surface area (Å²) in [5, 5.41) is 5.95. The largest absolute Gasteiger partial charge is 0.353 e. The van der Waals surface area contributed by atoms with Crippen molar-refractivity contribution < 1.29 is 22.8 Å². The van der Waals surface area contributed by atoms with E-state index in [2.05, 4.69) is 21.1 Å². The highest BCUT2D eigenvalue weighted by atomic mass is 32.2. The van der Waals surface area contributed by atoms with Crippen molar-refractivity contribution in [1.29, 1.82) is 0 Å². The Morgan fingerprint density at radius 3 is 2.52 bits per heavy atom. The van der Waals surface area contributed by atoms with E-state index in [-0.39, 0.29) is 28.9 Å². The fraction of sp³-hybridized carbons (Fsp3) is 0.350. The summed E-state index contributed by atoms with van der Waals surface area (Å²) in [6.45, 7) is 1.78. The smallest absolute Gasteiger partial charge is 0.278 e. The minimum absolute atomic E-state index is 0.124. The first-order chi connectivity index (χ1) is 14.6. The number of aromatic nitrogens is 1. The van der Waals surface area contributed by atoms with Gasteiger partial charge in [0.2, 0.25) is 10.0 Å². The number of para-hydroxylation sites is 1. The molecule has 2 amide bonds. The molecule has 1 aliphatic carbocycles. The van der Waals surface area contributed by atoms with Crippen LogP contribution in [-0.2, 0) is 14.9 Å². The van der Waals surface area contributed by atoms with Gasteiger partial charge in [-0.05, 0) is 37.5 Å². The molecule has 31 heavy (non-hydrogen) atoms. The Morgan fingerprint density at radius 1 is 1.19 bits per heavy atom. The average Bonchev–Trinajstić information content (AvgIpc) is 3.51. The van der Waals surface area contributed by atoms with Crippen molar-refractivity contribution >= 4 is 38.9 Å². The molecule has 10 nitrogen and oxygen atoms in total. The monoisotopic (exact) mass is 447 g/mol. The van der Waals surface area contributed by atoms with Gasteiger partial charge >= 0.3 is 0 Å². The van der Waals surface area contributed by atoms with Crippen LogP contribution in [0.25, 0.3) is 0 Å². The van der Waals surface area contributed by atoms with Gasteiger partial charge in [0.25, 0.3) is 11.8 Å². The highest BCUT2D eigenvalue weighted by molar-refractivity contribution is 7.92. The number of nitrogens with one attached hydrogen (secondary N) is 3. The van der Waals surface area contributed by atoms with Gasteiger partial charge in [0.05, 0.1) is 36.0 Å². The molecular formula is C20H25N5O5S. The van der Waals surface area contributed by atoms with Crippen molar-refractivity contribution in [1.82, 2.24) is 15.8 Å². The number of carbonyl (C=O) groups is 2. The molecule has 1 aliphatic rings. The number of anilines is 3. The Bertz CT molecular complexity index is 1110. The van der Waals surface area contributed by atoms with E-state index in [1.165, 1.54) is 26.4 Å². The van der Waals surface area contributed by atoms with Crippen LogP contribution in [0.5, 0.6) is 0 Å². The van der Waals surface area contributed by atoms with Crippen molar-refractivity contribution in [2.24, 2.45) is 0 Å². The fourth-order valence-electron chi connectivity index (χ4n) is 2.99. The molecule has 166 valence electrons. The topological polar surface area (TPSA) is 130 Å². The number of pyridine rings is 1. The van der Waals surface area contributed by atoms with Crippen molar-refractivity contribution in [3.8, 4) is 0 Å². The highest BCUT2D eigenvalue weighted by Gasteiger charge is 2.26. The van der Waals surface area contributed by atoms with Gasteiger partial charge in [-0.25, -0.2) is 13.9 Å². The Labute approximate surface area is 181 Å². The first kappa shape index (κ1) is 22.5. The van der Waals surface area contributed by atoms with Crippen LogP contribution >= 0.6 is 0 Å². The van der Waals surface area contributed by atoms with Crippen molar-refractivity contribution in [3.63, 3.8) is 0 Å². The molecule has 1 fully saturated rings. The number of benzene rings is 1. The summed E-state index contributed by atoms with van der Waals surface area (Å²) in [7, 11) is -0.791. The summed E-state index contributed by atoms with van der Waals surface area (Å²) in [6, 6.07) is 6.82. The number of carbonyl (C=O) groups excluding carboxylic acids is 2. The number of rotatable bonds is 8. The van der Waals surface area contributed by atoms with Gasteiger partial charge in [0.1, 0.15) is 5.69 Å². The SMILES string of the molecule is CONC(=O)c1cnc(C(=O)NC2CC2)cc1Nc1cccc(C)c1N(C)S(C)(=O)=O. The van der Waals surface area contributed by atoms with Gasteiger partial charge in [-0.15, -0.1) is 0 Å². The predicted molar refractivity (Wildman–Crippen MR) is 117 cm³/mol. The minimum atomic E-state index is -3.54. The lowest BCUT2D eigenvalue weighted by Crippen LogP contribution is -2.28. The Kier molecular flexibility index (Phi) is 6.46. The van der Waals surface area contributed by atoms with Crippen LogP contribution in [0.15, 0.2) is 30.5 Å². The van der Waals surface area contributed by atoms with E-state index in [1.54, 1.807) is 25.1 Å². The number of amides is 2. The third kappa shape index (κ3) is 5.30. The number of aryl methyl sites for hydroxylation is 1. The number of hydroxylamine groups is 1. The van der Waals surface area contributed by atoms with Crippen molar-refractivity contribution in [2.45, 2.75) is 25.8 Å². The van der Waals surface area contributed by atoms with E-state index >= 15 is 0 Å². The summed E-state index contributed by atoms with van der Waals surface area (Å²) < 4.78 is 25.5. The predicted octanol–water partition coefficient (Wildman–Crippen LogP) is 1.71. The third-order valence-electron chi connectivity index (χ3n) is 4.81. The van der Waals surface area contributed by atoms with E-state index in [4.69, 9.17) is 4.84 Å². The third-order valence-corrected chi connectivity index (χ3v) is 5.99. The van der Waals surface area contributed by atoms with Crippen molar-refractivity contribution in [2.75, 3.05) is 30.0 Å². The van der Waals surface area contributed by atoms with Gasteiger partial charge < -0.3 is 10.6 Å². The summed E-state index contributed by atoms with van der Waals surface area (Å²) in [6.07, 6.45) is 4.23. The Hall–Kier alpha value is -3.18. The second-order valence-corrected chi connectivity index (χ2v) is 9.34. The zero-order chi connectivity index (χ0) is 22.8. The molecule has 0 spiro atoms. The van der Waals surface area contributed by atoms with Gasteiger partial charge in [-0.1, -0.05) is 12.1 Å². The zero-order valence-corrected chi connectivity index (χ0v) is 18.5. The van der Waals surface area contributed by atoms with E-state index in [9.17, 15) is 18.0 Å². The summed E-state index contributed by atoms with van der Waals surface area (Å²) in [5.41, 5.74) is 4.33. The lowest BCUT2D eigenvalue weighted by molar-refractivity contribution is 0.0538. The Balaban J connectivity index is 2.05. The average molecular weight is 448 g/mol. The van der Waals surface area contributed by atoms with E-state index in [0.29, 0.717) is 16.9 Å². The lowest BCUT2D eigenvalue weighted by atomic mass is 10.1. The molecule has 1 saturated carbocycles. The molecule has 2 aromatic rings. The van der Waals surface area contributed by atoms with Crippen molar-refractivity contribution in [3.05, 3.63) is 47.3 Å². The maximum atomic E-state index is 12.5. The molecule has 1 heterocycles. The van der Waals surface area contributed by atoms with Crippen LogP contribution in [0.1, 0.15) is 39.3 Å². The molecular weight excluding hydrogens is 422 g/mol. The Morgan fingerprint density at radius 2 is 1.90 bits per heavy atom. The number of hydrogen-bond donors (Lipinski definition) is 3. The van der Waals surface area contributed by atoms with Crippen LogP contribution in [0.4, 0.5) is 17.1 Å². The van der Waals surface area contributed by atoms with E-state index < -0.39 is 15.9 Å². The maximum Gasteiger partial charge on any atom is 0.278 e. The number of hydrogen-bond acceptors (Lipinski definition) is 7. The molecule has 11 heteroatoms. The van der Waals surface area contributed by atoms with Gasteiger partial charge in [0, 0.05) is 19.3 Å². The normalized spacial score (nSPS) is 13.4. The molecule has 1 aromatic carbocycles. The van der Waals surface area contributed by atoms with Crippen LogP contribution < -0.4 is 20.4 Å². The van der Waals surface area contributed by atoms with Crippen LogP contribution in [0.2, 0.25) is 0 Å². The highest BCUT2D eigenvalue weighted by Crippen LogP contribution is 2.34. The molecule has 1 aromatic heterocycles. The summed E-state index contributed by atoms with van der Waals surface area (Å²) >= 11 is 0. The van der Waals surface area contributed by atoms with Gasteiger partial charge in [-0.3, -0.25) is 23.7 Å².